The van der Waals surface area contributed by atoms with Crippen LogP contribution in [0.1, 0.15) is 32.6 Å². The van der Waals surface area contributed by atoms with Crippen LogP contribution in [0, 0.1) is 0 Å². The molecular formula is C12H26N2O. The zero-order valence-electron chi connectivity index (χ0n) is 10.5. The van der Waals surface area contributed by atoms with E-state index in [2.05, 4.69) is 31.2 Å². The molecule has 90 valence electrons. The monoisotopic (exact) mass is 214 g/mol. The van der Waals surface area contributed by atoms with Gasteiger partial charge in [-0.1, -0.05) is 0 Å². The van der Waals surface area contributed by atoms with Crippen molar-refractivity contribution in [2.75, 3.05) is 33.8 Å². The Balaban J connectivity index is 1.93. The van der Waals surface area contributed by atoms with Crippen molar-refractivity contribution in [3.05, 3.63) is 0 Å². The summed E-state index contributed by atoms with van der Waals surface area (Å²) in [6.45, 7) is 5.49. The molecule has 0 radical (unpaired) electrons. The molecule has 3 heteroatoms. The van der Waals surface area contributed by atoms with Gasteiger partial charge in [0.1, 0.15) is 0 Å². The van der Waals surface area contributed by atoms with Crippen molar-refractivity contribution < 1.29 is 4.74 Å². The SMILES string of the molecule is CC(CCN(C)C)NCCC1CCCO1. The zero-order chi connectivity index (χ0) is 11.1. The first kappa shape index (κ1) is 12.9. The van der Waals surface area contributed by atoms with E-state index < -0.39 is 0 Å². The van der Waals surface area contributed by atoms with Gasteiger partial charge in [0.15, 0.2) is 0 Å². The molecule has 3 nitrogen and oxygen atoms in total. The fraction of sp³-hybridized carbons (Fsp3) is 1.00. The highest BCUT2D eigenvalue weighted by molar-refractivity contribution is 4.68. The Hall–Kier alpha value is -0.120. The molecule has 0 aromatic rings. The summed E-state index contributed by atoms with van der Waals surface area (Å²) in [5.74, 6) is 0. The Morgan fingerprint density at radius 1 is 1.47 bits per heavy atom. The number of hydrogen-bond acceptors (Lipinski definition) is 3. The Morgan fingerprint density at radius 3 is 2.87 bits per heavy atom. The van der Waals surface area contributed by atoms with Gasteiger partial charge in [-0.15, -0.1) is 0 Å². The molecule has 0 aliphatic carbocycles. The van der Waals surface area contributed by atoms with Gasteiger partial charge in [0.25, 0.3) is 0 Å². The van der Waals surface area contributed by atoms with Crippen LogP contribution in [0.2, 0.25) is 0 Å². The highest BCUT2D eigenvalue weighted by Crippen LogP contribution is 2.14. The molecule has 1 aliphatic rings. The molecule has 2 unspecified atom stereocenters. The van der Waals surface area contributed by atoms with Gasteiger partial charge in [-0.25, -0.2) is 0 Å². The van der Waals surface area contributed by atoms with Crippen LogP contribution in [0.25, 0.3) is 0 Å². The highest BCUT2D eigenvalue weighted by atomic mass is 16.5. The molecule has 1 fully saturated rings. The van der Waals surface area contributed by atoms with Crippen molar-refractivity contribution in [2.45, 2.75) is 44.8 Å². The number of hydrogen-bond donors (Lipinski definition) is 1. The van der Waals surface area contributed by atoms with Crippen molar-refractivity contribution in [3.63, 3.8) is 0 Å². The van der Waals surface area contributed by atoms with Gasteiger partial charge in [-0.3, -0.25) is 0 Å². The van der Waals surface area contributed by atoms with Crippen molar-refractivity contribution in [1.29, 1.82) is 0 Å². The summed E-state index contributed by atoms with van der Waals surface area (Å²) >= 11 is 0. The third kappa shape index (κ3) is 6.13. The van der Waals surface area contributed by atoms with Crippen LogP contribution in [0.15, 0.2) is 0 Å². The molecule has 0 amide bonds. The normalized spacial score (nSPS) is 23.6. The first-order chi connectivity index (χ1) is 7.18. The molecule has 1 heterocycles. The molecule has 1 saturated heterocycles. The molecule has 0 aromatic heterocycles. The maximum atomic E-state index is 5.58. The number of rotatable bonds is 7. The number of ether oxygens (including phenoxy) is 1. The highest BCUT2D eigenvalue weighted by Gasteiger charge is 2.14. The van der Waals surface area contributed by atoms with Gasteiger partial charge < -0.3 is 15.0 Å². The minimum atomic E-state index is 0.526. The van der Waals surface area contributed by atoms with E-state index in [-0.39, 0.29) is 0 Å². The molecule has 0 saturated carbocycles. The molecule has 1 aliphatic heterocycles. The van der Waals surface area contributed by atoms with Crippen LogP contribution in [-0.2, 0) is 4.74 Å². The van der Waals surface area contributed by atoms with E-state index in [0.717, 1.165) is 19.7 Å². The summed E-state index contributed by atoms with van der Waals surface area (Å²) in [4.78, 5) is 2.23. The second-order valence-corrected chi connectivity index (χ2v) is 4.87. The van der Waals surface area contributed by atoms with E-state index in [4.69, 9.17) is 4.74 Å². The van der Waals surface area contributed by atoms with Gasteiger partial charge in [0.2, 0.25) is 0 Å². The quantitative estimate of drug-likeness (QED) is 0.695. The van der Waals surface area contributed by atoms with Crippen molar-refractivity contribution in [3.8, 4) is 0 Å². The van der Waals surface area contributed by atoms with Crippen molar-refractivity contribution >= 4 is 0 Å². The first-order valence-corrected chi connectivity index (χ1v) is 6.18. The maximum absolute atomic E-state index is 5.58. The van der Waals surface area contributed by atoms with Crippen LogP contribution >= 0.6 is 0 Å². The Bertz CT molecular complexity index is 156. The predicted octanol–water partition coefficient (Wildman–Crippen LogP) is 1.49. The minimum Gasteiger partial charge on any atom is -0.378 e. The van der Waals surface area contributed by atoms with E-state index in [9.17, 15) is 0 Å². The van der Waals surface area contributed by atoms with Gasteiger partial charge in [-0.05, 0) is 59.8 Å². The lowest BCUT2D eigenvalue weighted by Gasteiger charge is -2.17. The molecule has 0 bridgehead atoms. The lowest BCUT2D eigenvalue weighted by Crippen LogP contribution is -2.31. The van der Waals surface area contributed by atoms with Crippen LogP contribution in [0.5, 0.6) is 0 Å². The molecule has 2 atom stereocenters. The predicted molar refractivity (Wildman–Crippen MR) is 64.2 cm³/mol. The average Bonchev–Trinajstić information content (AvgIpc) is 2.67. The summed E-state index contributed by atoms with van der Waals surface area (Å²) < 4.78 is 5.58. The Kier molecular flexibility index (Phi) is 6.22. The summed E-state index contributed by atoms with van der Waals surface area (Å²) in [5, 5.41) is 3.56. The summed E-state index contributed by atoms with van der Waals surface area (Å²) in [6.07, 6.45) is 5.43. The fourth-order valence-corrected chi connectivity index (χ4v) is 1.92. The number of nitrogens with one attached hydrogen (secondary N) is 1. The Morgan fingerprint density at radius 2 is 2.27 bits per heavy atom. The molecular weight excluding hydrogens is 188 g/mol. The van der Waals surface area contributed by atoms with Gasteiger partial charge in [0.05, 0.1) is 6.10 Å². The zero-order valence-corrected chi connectivity index (χ0v) is 10.5. The average molecular weight is 214 g/mol. The first-order valence-electron chi connectivity index (χ1n) is 6.18. The van der Waals surface area contributed by atoms with Gasteiger partial charge in [0, 0.05) is 12.6 Å². The molecule has 1 rings (SSSR count). The second kappa shape index (κ2) is 7.20. The van der Waals surface area contributed by atoms with Crippen molar-refractivity contribution in [2.24, 2.45) is 0 Å². The largest absolute Gasteiger partial charge is 0.378 e. The topological polar surface area (TPSA) is 24.5 Å². The lowest BCUT2D eigenvalue weighted by molar-refractivity contribution is 0.103. The van der Waals surface area contributed by atoms with Crippen LogP contribution in [0.3, 0.4) is 0 Å². The van der Waals surface area contributed by atoms with E-state index in [1.165, 1.54) is 25.7 Å². The van der Waals surface area contributed by atoms with Gasteiger partial charge >= 0.3 is 0 Å². The minimum absolute atomic E-state index is 0.526. The van der Waals surface area contributed by atoms with E-state index in [0.29, 0.717) is 12.1 Å². The van der Waals surface area contributed by atoms with Crippen molar-refractivity contribution in [1.82, 2.24) is 10.2 Å². The summed E-state index contributed by atoms with van der Waals surface area (Å²) in [5.41, 5.74) is 0. The van der Waals surface area contributed by atoms with Crippen LogP contribution in [0.4, 0.5) is 0 Å². The van der Waals surface area contributed by atoms with E-state index >= 15 is 0 Å². The van der Waals surface area contributed by atoms with Gasteiger partial charge in [-0.2, -0.15) is 0 Å². The molecule has 0 aromatic carbocycles. The van der Waals surface area contributed by atoms with E-state index in [1.807, 2.05) is 0 Å². The van der Waals surface area contributed by atoms with E-state index in [1.54, 1.807) is 0 Å². The standard InChI is InChI=1S/C12H26N2O/c1-11(7-9-14(2)3)13-8-6-12-5-4-10-15-12/h11-13H,4-10H2,1-3H3. The third-order valence-electron chi connectivity index (χ3n) is 2.99. The molecule has 15 heavy (non-hydrogen) atoms. The second-order valence-electron chi connectivity index (χ2n) is 4.87. The molecule has 1 N–H and O–H groups in total. The van der Waals surface area contributed by atoms with Crippen LogP contribution in [-0.4, -0.2) is 50.8 Å². The smallest absolute Gasteiger partial charge is 0.0588 e. The number of nitrogens with zero attached hydrogens (tertiary/aromatic N) is 1. The lowest BCUT2D eigenvalue weighted by atomic mass is 10.1. The fourth-order valence-electron chi connectivity index (χ4n) is 1.92. The summed E-state index contributed by atoms with van der Waals surface area (Å²) in [7, 11) is 4.25. The maximum Gasteiger partial charge on any atom is 0.0588 e. The Labute approximate surface area is 94.2 Å². The molecule has 0 spiro atoms. The summed E-state index contributed by atoms with van der Waals surface area (Å²) in [6, 6.07) is 0.619. The third-order valence-corrected chi connectivity index (χ3v) is 2.99. The van der Waals surface area contributed by atoms with Crippen LogP contribution < -0.4 is 5.32 Å².